The molecular weight excluding hydrogens is 313 g/mol. The van der Waals surface area contributed by atoms with E-state index in [0.29, 0.717) is 12.3 Å². The molecule has 1 saturated carbocycles. The molecule has 3 nitrogen and oxygen atoms in total. The van der Waals surface area contributed by atoms with Crippen LogP contribution in [0.25, 0.3) is 0 Å². The number of halogens is 2. The van der Waals surface area contributed by atoms with E-state index in [1.54, 1.807) is 7.05 Å². The molecule has 118 valence electrons. The van der Waals surface area contributed by atoms with Crippen LogP contribution < -0.4 is 5.32 Å². The van der Waals surface area contributed by atoms with E-state index in [-0.39, 0.29) is 16.0 Å². The zero-order valence-electron chi connectivity index (χ0n) is 12.3. The first-order valence-electron chi connectivity index (χ1n) is 7.26. The zero-order chi connectivity index (χ0) is 15.6. The largest absolute Gasteiger partial charge is 0.316 e. The summed E-state index contributed by atoms with van der Waals surface area (Å²) >= 11 is 5.73. The fourth-order valence-electron chi connectivity index (χ4n) is 3.08. The maximum atomic E-state index is 13.2. The standard InChI is InChI=1S/C15H21ClFNO2S/c1-3-10-4-7-14(18-2)15(8-10)21(19,20)11-5-6-13(17)12(16)9-11/h5-6,9-10,14-15,18H,3-4,7-8H2,1-2H3. The number of hydrogen-bond acceptors (Lipinski definition) is 3. The molecule has 0 heterocycles. The van der Waals surface area contributed by atoms with Crippen LogP contribution in [-0.2, 0) is 9.84 Å². The summed E-state index contributed by atoms with van der Waals surface area (Å²) in [6.45, 7) is 2.09. The lowest BCUT2D eigenvalue weighted by Gasteiger charge is -2.35. The third-order valence-corrected chi connectivity index (χ3v) is 6.99. The molecule has 0 aromatic heterocycles. The number of rotatable bonds is 4. The predicted octanol–water partition coefficient (Wildman–Crippen LogP) is 3.42. The molecule has 0 spiro atoms. The second kappa shape index (κ2) is 6.63. The molecule has 0 bridgehead atoms. The molecule has 6 heteroatoms. The Balaban J connectivity index is 2.37. The van der Waals surface area contributed by atoms with Crippen molar-refractivity contribution in [2.75, 3.05) is 7.05 Å². The maximum absolute atomic E-state index is 13.2. The molecule has 0 amide bonds. The third-order valence-electron chi connectivity index (χ3n) is 4.47. The van der Waals surface area contributed by atoms with Crippen LogP contribution in [-0.4, -0.2) is 26.8 Å². The van der Waals surface area contributed by atoms with E-state index in [2.05, 4.69) is 12.2 Å². The van der Waals surface area contributed by atoms with Crippen LogP contribution in [0.1, 0.15) is 32.6 Å². The van der Waals surface area contributed by atoms with Crippen molar-refractivity contribution >= 4 is 21.4 Å². The lowest BCUT2D eigenvalue weighted by atomic mass is 9.84. The molecule has 1 aliphatic rings. The molecular formula is C15H21ClFNO2S. The topological polar surface area (TPSA) is 46.2 Å². The highest BCUT2D eigenvalue weighted by molar-refractivity contribution is 7.92. The van der Waals surface area contributed by atoms with Crippen LogP contribution >= 0.6 is 11.6 Å². The lowest BCUT2D eigenvalue weighted by Crippen LogP contribution is -2.46. The number of sulfone groups is 1. The lowest BCUT2D eigenvalue weighted by molar-refractivity contribution is 0.296. The van der Waals surface area contributed by atoms with Crippen molar-refractivity contribution in [3.05, 3.63) is 29.0 Å². The molecule has 1 aromatic rings. The summed E-state index contributed by atoms with van der Waals surface area (Å²) < 4.78 is 39.0. The highest BCUT2D eigenvalue weighted by Crippen LogP contribution is 2.34. The summed E-state index contributed by atoms with van der Waals surface area (Å²) in [5.74, 6) is -0.179. The summed E-state index contributed by atoms with van der Waals surface area (Å²) in [5, 5.41) is 2.48. The average Bonchev–Trinajstić information content (AvgIpc) is 2.49. The normalized spacial score (nSPS) is 26.8. The van der Waals surface area contributed by atoms with Gasteiger partial charge in [0.1, 0.15) is 5.82 Å². The smallest absolute Gasteiger partial charge is 0.182 e. The van der Waals surface area contributed by atoms with Crippen molar-refractivity contribution in [3.63, 3.8) is 0 Å². The molecule has 0 radical (unpaired) electrons. The van der Waals surface area contributed by atoms with Gasteiger partial charge in [-0.3, -0.25) is 0 Å². The minimum atomic E-state index is -3.52. The molecule has 0 saturated heterocycles. The Bertz CT molecular complexity index is 606. The summed E-state index contributed by atoms with van der Waals surface area (Å²) in [6.07, 6.45) is 3.50. The van der Waals surface area contributed by atoms with Gasteiger partial charge in [-0.05, 0) is 50.4 Å². The predicted molar refractivity (Wildman–Crippen MR) is 82.9 cm³/mol. The molecule has 0 aliphatic heterocycles. The van der Waals surface area contributed by atoms with Crippen molar-refractivity contribution < 1.29 is 12.8 Å². The summed E-state index contributed by atoms with van der Waals surface area (Å²) in [7, 11) is -1.73. The average molecular weight is 334 g/mol. The van der Waals surface area contributed by atoms with Gasteiger partial charge in [-0.1, -0.05) is 24.9 Å². The van der Waals surface area contributed by atoms with Gasteiger partial charge < -0.3 is 5.32 Å². The van der Waals surface area contributed by atoms with Crippen LogP contribution in [0.3, 0.4) is 0 Å². The Morgan fingerprint density at radius 1 is 1.38 bits per heavy atom. The van der Waals surface area contributed by atoms with Crippen LogP contribution in [0.5, 0.6) is 0 Å². The summed E-state index contributed by atoms with van der Waals surface area (Å²) in [6, 6.07) is 3.57. The minimum Gasteiger partial charge on any atom is -0.316 e. The molecule has 1 aromatic carbocycles. The summed E-state index contributed by atoms with van der Waals surface area (Å²) in [4.78, 5) is 0.107. The maximum Gasteiger partial charge on any atom is 0.182 e. The van der Waals surface area contributed by atoms with E-state index in [1.165, 1.54) is 12.1 Å². The van der Waals surface area contributed by atoms with Gasteiger partial charge in [0, 0.05) is 6.04 Å². The first-order chi connectivity index (χ1) is 9.90. The summed E-state index contributed by atoms with van der Waals surface area (Å²) in [5.41, 5.74) is 0. The fourth-order valence-corrected chi connectivity index (χ4v) is 5.45. The van der Waals surface area contributed by atoms with Crippen molar-refractivity contribution in [3.8, 4) is 0 Å². The van der Waals surface area contributed by atoms with Crippen LogP contribution in [0, 0.1) is 11.7 Å². The fraction of sp³-hybridized carbons (Fsp3) is 0.600. The highest BCUT2D eigenvalue weighted by atomic mass is 35.5. The second-order valence-corrected chi connectivity index (χ2v) is 8.22. The first kappa shape index (κ1) is 16.7. The Labute approximate surface area is 130 Å². The molecule has 2 rings (SSSR count). The number of hydrogen-bond donors (Lipinski definition) is 1. The van der Waals surface area contributed by atoms with Crippen LogP contribution in [0.15, 0.2) is 23.1 Å². The number of benzene rings is 1. The SMILES string of the molecule is CCC1CCC(NC)C(S(=O)(=O)c2ccc(F)c(Cl)c2)C1. The van der Waals surface area contributed by atoms with E-state index in [4.69, 9.17) is 11.6 Å². The molecule has 3 unspecified atom stereocenters. The third kappa shape index (κ3) is 3.41. The second-order valence-electron chi connectivity index (χ2n) is 5.64. The number of nitrogens with one attached hydrogen (secondary N) is 1. The Morgan fingerprint density at radius 3 is 2.67 bits per heavy atom. The van der Waals surface area contributed by atoms with Crippen LogP contribution in [0.4, 0.5) is 4.39 Å². The van der Waals surface area contributed by atoms with Crippen molar-refractivity contribution in [1.29, 1.82) is 0 Å². The van der Waals surface area contributed by atoms with E-state index in [0.717, 1.165) is 25.3 Å². The van der Waals surface area contributed by atoms with Gasteiger partial charge in [-0.25, -0.2) is 12.8 Å². The Hall–Kier alpha value is -0.650. The van der Waals surface area contributed by atoms with Gasteiger partial charge in [-0.2, -0.15) is 0 Å². The molecule has 1 fully saturated rings. The van der Waals surface area contributed by atoms with E-state index in [1.807, 2.05) is 0 Å². The van der Waals surface area contributed by atoms with Gasteiger partial charge in [0.05, 0.1) is 15.2 Å². The Morgan fingerprint density at radius 2 is 2.10 bits per heavy atom. The quantitative estimate of drug-likeness (QED) is 0.859. The highest BCUT2D eigenvalue weighted by Gasteiger charge is 2.38. The van der Waals surface area contributed by atoms with Gasteiger partial charge in [0.2, 0.25) is 0 Å². The van der Waals surface area contributed by atoms with Crippen molar-refractivity contribution in [2.45, 2.75) is 48.8 Å². The van der Waals surface area contributed by atoms with E-state index < -0.39 is 20.9 Å². The molecule has 1 aliphatic carbocycles. The van der Waals surface area contributed by atoms with Crippen molar-refractivity contribution in [1.82, 2.24) is 5.32 Å². The van der Waals surface area contributed by atoms with Gasteiger partial charge in [0.25, 0.3) is 0 Å². The molecule has 3 atom stereocenters. The van der Waals surface area contributed by atoms with Crippen LogP contribution in [0.2, 0.25) is 5.02 Å². The Kier molecular flexibility index (Phi) is 5.28. The van der Waals surface area contributed by atoms with Crippen molar-refractivity contribution in [2.24, 2.45) is 5.92 Å². The monoisotopic (exact) mass is 333 g/mol. The van der Waals surface area contributed by atoms with Gasteiger partial charge in [-0.15, -0.1) is 0 Å². The molecule has 1 N–H and O–H groups in total. The van der Waals surface area contributed by atoms with Gasteiger partial charge >= 0.3 is 0 Å². The van der Waals surface area contributed by atoms with E-state index in [9.17, 15) is 12.8 Å². The minimum absolute atomic E-state index is 0.0679. The van der Waals surface area contributed by atoms with E-state index >= 15 is 0 Å². The first-order valence-corrected chi connectivity index (χ1v) is 9.18. The zero-order valence-corrected chi connectivity index (χ0v) is 13.8. The molecule has 21 heavy (non-hydrogen) atoms. The van der Waals surface area contributed by atoms with Gasteiger partial charge in [0.15, 0.2) is 9.84 Å².